The summed E-state index contributed by atoms with van der Waals surface area (Å²) in [6.45, 7) is 12.0. The second-order valence-corrected chi connectivity index (χ2v) is 18.6. The Labute approximate surface area is 260 Å². The second-order valence-electron chi connectivity index (χ2n) is 12.0. The van der Waals surface area contributed by atoms with Crippen LogP contribution in [0.5, 0.6) is 0 Å². The van der Waals surface area contributed by atoms with Crippen LogP contribution in [0.2, 0.25) is 25.7 Å². The van der Waals surface area contributed by atoms with E-state index >= 15 is 0 Å². The maximum absolute atomic E-state index is 13.6. The fraction of sp³-hybridized carbons (Fsp3) is 0.484. The molecule has 2 amide bonds. The Hall–Kier alpha value is -3.48. The summed E-state index contributed by atoms with van der Waals surface area (Å²) >= 11 is 1.64. The van der Waals surface area contributed by atoms with Gasteiger partial charge in [-0.1, -0.05) is 37.8 Å². The Morgan fingerprint density at radius 1 is 1.21 bits per heavy atom. The summed E-state index contributed by atoms with van der Waals surface area (Å²) in [7, 11) is 2.45. The SMILES string of the molecule is CCNc1ncc2c(n1)N(C)CCN(c1cccc(COC(CCN(C)C(=O)OCC[Si](C)(C)C)c3cccs3)c1)C2=O. The van der Waals surface area contributed by atoms with Crippen molar-refractivity contribution >= 4 is 48.9 Å². The number of hydrogen-bond donors (Lipinski definition) is 1. The lowest BCUT2D eigenvalue weighted by molar-refractivity contribution is 0.0296. The number of benzene rings is 1. The number of aromatic nitrogens is 2. The van der Waals surface area contributed by atoms with Crippen molar-refractivity contribution in [3.63, 3.8) is 0 Å². The highest BCUT2D eigenvalue weighted by molar-refractivity contribution is 7.10. The number of carbonyl (C=O) groups excluding carboxylic acids is 2. The minimum absolute atomic E-state index is 0.128. The maximum Gasteiger partial charge on any atom is 0.409 e. The largest absolute Gasteiger partial charge is 0.450 e. The second kappa shape index (κ2) is 14.8. The van der Waals surface area contributed by atoms with Crippen molar-refractivity contribution in [1.29, 1.82) is 0 Å². The first-order valence-electron chi connectivity index (χ1n) is 14.8. The van der Waals surface area contributed by atoms with Crippen molar-refractivity contribution in [1.82, 2.24) is 14.9 Å². The summed E-state index contributed by atoms with van der Waals surface area (Å²) in [6.07, 6.45) is 1.77. The predicted molar refractivity (Wildman–Crippen MR) is 176 cm³/mol. The Bertz CT molecular complexity index is 1370. The van der Waals surface area contributed by atoms with Gasteiger partial charge in [0, 0.05) is 65.1 Å². The highest BCUT2D eigenvalue weighted by Crippen LogP contribution is 2.30. The van der Waals surface area contributed by atoms with E-state index < -0.39 is 8.07 Å². The van der Waals surface area contributed by atoms with Gasteiger partial charge in [0.05, 0.1) is 19.3 Å². The first-order chi connectivity index (χ1) is 20.6. The van der Waals surface area contributed by atoms with E-state index in [2.05, 4.69) is 41.0 Å². The maximum atomic E-state index is 13.6. The third-order valence-electron chi connectivity index (χ3n) is 7.25. The van der Waals surface area contributed by atoms with Crippen molar-refractivity contribution in [2.45, 2.75) is 51.7 Å². The van der Waals surface area contributed by atoms with E-state index in [0.717, 1.165) is 22.2 Å². The number of nitrogens with zero attached hydrogens (tertiary/aromatic N) is 5. The zero-order chi connectivity index (χ0) is 31.0. The van der Waals surface area contributed by atoms with Gasteiger partial charge in [0.2, 0.25) is 5.95 Å². The summed E-state index contributed by atoms with van der Waals surface area (Å²) in [5, 5.41) is 5.15. The number of amides is 2. The molecule has 0 fully saturated rings. The number of nitrogens with one attached hydrogen (secondary N) is 1. The van der Waals surface area contributed by atoms with Crippen LogP contribution in [0.25, 0.3) is 0 Å². The number of likely N-dealkylation sites (N-methyl/N-ethyl adjacent to an activating group) is 1. The average Bonchev–Trinajstić information content (AvgIpc) is 3.47. The molecule has 0 spiro atoms. The Balaban J connectivity index is 1.41. The minimum Gasteiger partial charge on any atom is -0.450 e. The first kappa shape index (κ1) is 32.4. The van der Waals surface area contributed by atoms with Crippen LogP contribution in [-0.2, 0) is 16.1 Å². The predicted octanol–water partition coefficient (Wildman–Crippen LogP) is 6.12. The van der Waals surface area contributed by atoms with Gasteiger partial charge in [-0.25, -0.2) is 9.78 Å². The van der Waals surface area contributed by atoms with E-state index in [0.29, 0.717) is 63.1 Å². The molecule has 0 radical (unpaired) electrons. The molecule has 0 saturated heterocycles. The average molecular weight is 625 g/mol. The molecule has 1 unspecified atom stereocenters. The fourth-order valence-electron chi connectivity index (χ4n) is 4.66. The van der Waals surface area contributed by atoms with Crippen LogP contribution in [-0.4, -0.2) is 81.8 Å². The molecule has 1 atom stereocenters. The van der Waals surface area contributed by atoms with E-state index in [-0.39, 0.29) is 18.1 Å². The molecule has 3 heterocycles. The highest BCUT2D eigenvalue weighted by Gasteiger charge is 2.28. The summed E-state index contributed by atoms with van der Waals surface area (Å²) in [5.41, 5.74) is 2.24. The van der Waals surface area contributed by atoms with Gasteiger partial charge < -0.3 is 29.5 Å². The molecule has 2 aromatic heterocycles. The molecule has 12 heteroatoms. The van der Waals surface area contributed by atoms with Gasteiger partial charge in [0.15, 0.2) is 0 Å². The molecule has 1 aromatic carbocycles. The highest BCUT2D eigenvalue weighted by atomic mass is 32.1. The minimum atomic E-state index is -1.27. The summed E-state index contributed by atoms with van der Waals surface area (Å²) in [5.74, 6) is 1.01. The summed E-state index contributed by atoms with van der Waals surface area (Å²) < 4.78 is 11.9. The lowest BCUT2D eigenvalue weighted by Gasteiger charge is -2.23. The van der Waals surface area contributed by atoms with Gasteiger partial charge in [-0.05, 0) is 48.5 Å². The number of fused-ring (bicyclic) bond motifs is 1. The quantitative estimate of drug-likeness (QED) is 0.227. The van der Waals surface area contributed by atoms with Crippen molar-refractivity contribution in [3.05, 3.63) is 64.0 Å². The normalized spacial score (nSPS) is 14.2. The molecule has 4 rings (SSSR count). The monoisotopic (exact) mass is 624 g/mol. The third-order valence-corrected chi connectivity index (χ3v) is 9.92. The van der Waals surface area contributed by atoms with Crippen LogP contribution in [0.15, 0.2) is 48.0 Å². The standard InChI is InChI=1S/C31H44N6O4SSi/c1-7-32-30-33-21-25-28(34-30)35(2)15-16-37(29(25)38)24-11-8-10-23(20-24)22-41-26(27-12-9-18-42-27)13-14-36(3)31(39)40-17-19-43(4,5)6/h8-12,18,20-21,26H,7,13-17,19,22H2,1-6H3,(H,32,33,34). The number of rotatable bonds is 13. The first-order valence-corrected chi connectivity index (χ1v) is 19.4. The Kier molecular flexibility index (Phi) is 11.2. The van der Waals surface area contributed by atoms with Crippen LogP contribution >= 0.6 is 11.3 Å². The van der Waals surface area contributed by atoms with Gasteiger partial charge in [-0.3, -0.25) is 4.79 Å². The Morgan fingerprint density at radius 2 is 2.02 bits per heavy atom. The molecule has 1 aliphatic heterocycles. The zero-order valence-electron chi connectivity index (χ0n) is 26.1. The zero-order valence-corrected chi connectivity index (χ0v) is 27.9. The molecule has 0 aliphatic carbocycles. The van der Waals surface area contributed by atoms with E-state index in [1.165, 1.54) is 0 Å². The van der Waals surface area contributed by atoms with E-state index in [1.807, 2.05) is 54.6 Å². The number of hydrogen-bond acceptors (Lipinski definition) is 9. The van der Waals surface area contributed by atoms with Crippen LogP contribution in [0, 0.1) is 0 Å². The van der Waals surface area contributed by atoms with Crippen LogP contribution in [0.4, 0.5) is 22.2 Å². The molecule has 1 aliphatic rings. The summed E-state index contributed by atoms with van der Waals surface area (Å²) in [6, 6.07) is 12.9. The van der Waals surface area contributed by atoms with Gasteiger partial charge in [-0.2, -0.15) is 4.98 Å². The van der Waals surface area contributed by atoms with E-state index in [4.69, 9.17) is 9.47 Å². The van der Waals surface area contributed by atoms with Crippen molar-refractivity contribution in [2.24, 2.45) is 0 Å². The molecule has 43 heavy (non-hydrogen) atoms. The smallest absolute Gasteiger partial charge is 0.409 e. The molecular weight excluding hydrogens is 581 g/mol. The molecule has 1 N–H and O–H groups in total. The third kappa shape index (κ3) is 9.01. The fourth-order valence-corrected chi connectivity index (χ4v) is 6.18. The van der Waals surface area contributed by atoms with E-state index in [1.54, 1.807) is 34.4 Å². The van der Waals surface area contributed by atoms with E-state index in [9.17, 15) is 9.59 Å². The number of thiophene rings is 1. The summed E-state index contributed by atoms with van der Waals surface area (Å²) in [4.78, 5) is 41.6. The van der Waals surface area contributed by atoms with Crippen LogP contribution in [0.1, 0.15) is 40.2 Å². The van der Waals surface area contributed by atoms with Gasteiger partial charge in [-0.15, -0.1) is 11.3 Å². The molecule has 3 aromatic rings. The number of ether oxygens (including phenoxy) is 2. The molecule has 0 saturated carbocycles. The number of carbonyl (C=O) groups is 2. The molecule has 0 bridgehead atoms. The van der Waals surface area contributed by atoms with Crippen molar-refractivity contribution in [2.75, 3.05) is 62.0 Å². The lowest BCUT2D eigenvalue weighted by Crippen LogP contribution is -2.33. The van der Waals surface area contributed by atoms with Crippen LogP contribution < -0.4 is 15.1 Å². The van der Waals surface area contributed by atoms with Crippen molar-refractivity contribution < 1.29 is 19.1 Å². The Morgan fingerprint density at radius 3 is 2.74 bits per heavy atom. The van der Waals surface area contributed by atoms with Crippen molar-refractivity contribution in [3.8, 4) is 0 Å². The number of anilines is 3. The lowest BCUT2D eigenvalue weighted by atomic mass is 10.1. The van der Waals surface area contributed by atoms with Crippen LogP contribution in [0.3, 0.4) is 0 Å². The molecular formula is C31H44N6O4SSi. The molecule has 232 valence electrons. The van der Waals surface area contributed by atoms with Gasteiger partial charge >= 0.3 is 6.09 Å². The van der Waals surface area contributed by atoms with Gasteiger partial charge in [0.25, 0.3) is 5.91 Å². The topological polar surface area (TPSA) is 100 Å². The molecule has 10 nitrogen and oxygen atoms in total. The van der Waals surface area contributed by atoms with Gasteiger partial charge in [0.1, 0.15) is 11.4 Å².